The molecular formula is C32H32N4O5S. The van der Waals surface area contributed by atoms with Crippen LogP contribution in [0.25, 0.3) is 0 Å². The van der Waals surface area contributed by atoms with Crippen molar-refractivity contribution in [2.75, 3.05) is 17.5 Å². The van der Waals surface area contributed by atoms with Crippen LogP contribution in [-0.2, 0) is 26.2 Å². The van der Waals surface area contributed by atoms with Crippen molar-refractivity contribution in [3.63, 3.8) is 0 Å². The van der Waals surface area contributed by atoms with Gasteiger partial charge in [0.15, 0.2) is 6.61 Å². The average Bonchev–Trinajstić information content (AvgIpc) is 2.99. The van der Waals surface area contributed by atoms with Crippen molar-refractivity contribution in [3.05, 3.63) is 125 Å². The van der Waals surface area contributed by atoms with E-state index in [1.165, 1.54) is 18.3 Å². The van der Waals surface area contributed by atoms with Gasteiger partial charge in [0.25, 0.3) is 21.8 Å². The second kappa shape index (κ2) is 14.1. The first-order valence-corrected chi connectivity index (χ1v) is 14.7. The number of aryl methyl sites for hydroxylation is 2. The van der Waals surface area contributed by atoms with Crippen LogP contribution in [0.3, 0.4) is 0 Å². The van der Waals surface area contributed by atoms with Crippen LogP contribution in [0.2, 0.25) is 0 Å². The molecule has 0 radical (unpaired) electrons. The molecule has 42 heavy (non-hydrogen) atoms. The molecule has 0 unspecified atom stereocenters. The SMILES string of the molecule is Cc1cc(C)cc(N(CC(=O)N/N=C\c2ccc(OCC(=O)NCc3ccccc3)cc2)S(=O)(=O)c2ccccc2)c1. The van der Waals surface area contributed by atoms with Gasteiger partial charge in [-0.05, 0) is 84.6 Å². The zero-order chi connectivity index (χ0) is 30.0. The summed E-state index contributed by atoms with van der Waals surface area (Å²) in [5.74, 6) is -0.344. The Morgan fingerprint density at radius 3 is 2.10 bits per heavy atom. The quantitative estimate of drug-likeness (QED) is 0.190. The number of hydrogen-bond donors (Lipinski definition) is 2. The molecule has 0 saturated heterocycles. The second-order valence-corrected chi connectivity index (χ2v) is 11.4. The number of rotatable bonds is 12. The van der Waals surface area contributed by atoms with E-state index in [1.807, 2.05) is 50.2 Å². The van der Waals surface area contributed by atoms with Crippen LogP contribution in [0, 0.1) is 13.8 Å². The van der Waals surface area contributed by atoms with Crippen LogP contribution in [0.4, 0.5) is 5.69 Å². The lowest BCUT2D eigenvalue weighted by Crippen LogP contribution is -2.39. The monoisotopic (exact) mass is 584 g/mol. The molecular weight excluding hydrogens is 552 g/mol. The van der Waals surface area contributed by atoms with Crippen LogP contribution in [0.5, 0.6) is 5.75 Å². The van der Waals surface area contributed by atoms with Crippen LogP contribution < -0.4 is 19.8 Å². The molecule has 0 saturated carbocycles. The van der Waals surface area contributed by atoms with Gasteiger partial charge in [-0.25, -0.2) is 13.8 Å². The molecule has 4 rings (SSSR count). The van der Waals surface area contributed by atoms with Gasteiger partial charge in [-0.3, -0.25) is 13.9 Å². The number of amides is 2. The molecule has 2 N–H and O–H groups in total. The van der Waals surface area contributed by atoms with Crippen LogP contribution in [0.15, 0.2) is 113 Å². The maximum absolute atomic E-state index is 13.5. The number of carbonyl (C=O) groups is 2. The van der Waals surface area contributed by atoms with Gasteiger partial charge in [0.2, 0.25) is 0 Å². The third kappa shape index (κ3) is 8.52. The molecule has 216 valence electrons. The zero-order valence-corrected chi connectivity index (χ0v) is 24.2. The van der Waals surface area contributed by atoms with Gasteiger partial charge in [-0.2, -0.15) is 5.10 Å². The molecule has 0 aliphatic heterocycles. The molecule has 0 aliphatic rings. The van der Waals surface area contributed by atoms with Crippen molar-refractivity contribution < 1.29 is 22.7 Å². The molecule has 2 amide bonds. The van der Waals surface area contributed by atoms with Gasteiger partial charge in [0.05, 0.1) is 16.8 Å². The summed E-state index contributed by atoms with van der Waals surface area (Å²) in [5.41, 5.74) is 6.20. The normalized spacial score (nSPS) is 11.2. The topological polar surface area (TPSA) is 117 Å². The molecule has 0 aromatic heterocycles. The second-order valence-electron chi connectivity index (χ2n) is 9.58. The van der Waals surface area contributed by atoms with E-state index in [-0.39, 0.29) is 17.4 Å². The number of hydrogen-bond acceptors (Lipinski definition) is 6. The molecule has 10 heteroatoms. The van der Waals surface area contributed by atoms with Gasteiger partial charge < -0.3 is 10.1 Å². The number of sulfonamides is 1. The predicted molar refractivity (Wildman–Crippen MR) is 163 cm³/mol. The number of anilines is 1. The fourth-order valence-electron chi connectivity index (χ4n) is 4.12. The van der Waals surface area contributed by atoms with E-state index >= 15 is 0 Å². The van der Waals surface area contributed by atoms with Crippen molar-refractivity contribution in [2.45, 2.75) is 25.3 Å². The molecule has 9 nitrogen and oxygen atoms in total. The minimum absolute atomic E-state index is 0.0800. The summed E-state index contributed by atoms with van der Waals surface area (Å²) < 4.78 is 33.6. The van der Waals surface area contributed by atoms with E-state index in [0.717, 1.165) is 21.0 Å². The number of nitrogens with one attached hydrogen (secondary N) is 2. The Balaban J connectivity index is 1.34. The first-order valence-electron chi connectivity index (χ1n) is 13.2. The van der Waals surface area contributed by atoms with Gasteiger partial charge in [-0.15, -0.1) is 0 Å². The van der Waals surface area contributed by atoms with E-state index in [9.17, 15) is 18.0 Å². The molecule has 4 aromatic carbocycles. The van der Waals surface area contributed by atoms with Gasteiger partial charge >= 0.3 is 0 Å². The molecule has 4 aromatic rings. The van der Waals surface area contributed by atoms with E-state index < -0.39 is 22.5 Å². The number of ether oxygens (including phenoxy) is 1. The summed E-state index contributed by atoms with van der Waals surface area (Å²) in [5, 5.41) is 6.78. The Bertz CT molecular complexity index is 1620. The van der Waals surface area contributed by atoms with Crippen molar-refractivity contribution in [3.8, 4) is 5.75 Å². The maximum atomic E-state index is 13.5. The Kier molecular flexibility index (Phi) is 10.1. The van der Waals surface area contributed by atoms with Crippen molar-refractivity contribution in [1.29, 1.82) is 0 Å². The Morgan fingerprint density at radius 2 is 1.45 bits per heavy atom. The van der Waals surface area contributed by atoms with Gasteiger partial charge in [0, 0.05) is 6.54 Å². The van der Waals surface area contributed by atoms with E-state index in [2.05, 4.69) is 15.8 Å². The molecule has 0 fully saturated rings. The fourth-order valence-corrected chi connectivity index (χ4v) is 5.55. The van der Waals surface area contributed by atoms with E-state index in [1.54, 1.807) is 54.6 Å². The van der Waals surface area contributed by atoms with Crippen molar-refractivity contribution in [1.82, 2.24) is 10.7 Å². The van der Waals surface area contributed by atoms with Gasteiger partial charge in [-0.1, -0.05) is 54.6 Å². The number of nitrogens with zero attached hydrogens (tertiary/aromatic N) is 2. The Labute approximate surface area is 245 Å². The summed E-state index contributed by atoms with van der Waals surface area (Å²) in [7, 11) is -4.02. The summed E-state index contributed by atoms with van der Waals surface area (Å²) in [6.45, 7) is 3.57. The third-order valence-electron chi connectivity index (χ3n) is 6.10. The third-order valence-corrected chi connectivity index (χ3v) is 7.89. The number of benzene rings is 4. The van der Waals surface area contributed by atoms with Gasteiger partial charge in [0.1, 0.15) is 12.3 Å². The van der Waals surface area contributed by atoms with Crippen LogP contribution in [-0.4, -0.2) is 39.6 Å². The summed E-state index contributed by atoms with van der Waals surface area (Å²) in [6, 6.07) is 29.7. The lowest BCUT2D eigenvalue weighted by Gasteiger charge is -2.24. The first-order chi connectivity index (χ1) is 20.2. The minimum atomic E-state index is -4.02. The van der Waals surface area contributed by atoms with Crippen molar-refractivity contribution in [2.24, 2.45) is 5.10 Å². The number of carbonyl (C=O) groups excluding carboxylic acids is 2. The lowest BCUT2D eigenvalue weighted by atomic mass is 10.1. The highest BCUT2D eigenvalue weighted by atomic mass is 32.2. The van der Waals surface area contributed by atoms with Crippen molar-refractivity contribution >= 4 is 33.7 Å². The predicted octanol–water partition coefficient (Wildman–Crippen LogP) is 4.34. The lowest BCUT2D eigenvalue weighted by molar-refractivity contribution is -0.123. The summed E-state index contributed by atoms with van der Waals surface area (Å²) >= 11 is 0. The number of hydrazone groups is 1. The molecule has 0 spiro atoms. The smallest absolute Gasteiger partial charge is 0.264 e. The molecule has 0 aliphatic carbocycles. The molecule has 0 bridgehead atoms. The largest absolute Gasteiger partial charge is 0.484 e. The van der Waals surface area contributed by atoms with E-state index in [4.69, 9.17) is 4.74 Å². The van der Waals surface area contributed by atoms with Crippen LogP contribution in [0.1, 0.15) is 22.3 Å². The van der Waals surface area contributed by atoms with Crippen LogP contribution >= 0.6 is 0 Å². The highest BCUT2D eigenvalue weighted by Crippen LogP contribution is 2.25. The molecule has 0 atom stereocenters. The Hall–Kier alpha value is -4.96. The molecule has 0 heterocycles. The highest BCUT2D eigenvalue weighted by Gasteiger charge is 2.27. The first kappa shape index (κ1) is 30.0. The standard InChI is InChI=1S/C32H32N4O5S/c1-24-17-25(2)19-28(18-24)36(42(39,40)30-11-7-4-8-12-30)22-31(37)35-34-21-27-13-15-29(16-14-27)41-23-32(38)33-20-26-9-5-3-6-10-26/h3-19,21H,20,22-23H2,1-2H3,(H,33,38)(H,35,37)/b34-21-. The maximum Gasteiger partial charge on any atom is 0.264 e. The van der Waals surface area contributed by atoms with E-state index in [0.29, 0.717) is 23.5 Å². The summed E-state index contributed by atoms with van der Waals surface area (Å²) in [6.07, 6.45) is 1.43. The highest BCUT2D eigenvalue weighted by molar-refractivity contribution is 7.92. The zero-order valence-electron chi connectivity index (χ0n) is 23.4. The summed E-state index contributed by atoms with van der Waals surface area (Å²) in [4.78, 5) is 25.0. The minimum Gasteiger partial charge on any atom is -0.484 e. The Morgan fingerprint density at radius 1 is 0.833 bits per heavy atom. The average molecular weight is 585 g/mol. The fraction of sp³-hybridized carbons (Fsp3) is 0.156.